The van der Waals surface area contributed by atoms with Crippen LogP contribution in [0, 0.1) is 0 Å². The first kappa shape index (κ1) is 14.1. The number of methoxy groups -OCH3 is 3. The lowest BCUT2D eigenvalue weighted by Gasteiger charge is -2.13. The van der Waals surface area contributed by atoms with Gasteiger partial charge >= 0.3 is 0 Å². The molecule has 2 heterocycles. The Bertz CT molecular complexity index is 804. The van der Waals surface area contributed by atoms with E-state index in [0.29, 0.717) is 23.1 Å². The summed E-state index contributed by atoms with van der Waals surface area (Å²) in [4.78, 5) is 13.1. The molecule has 0 aliphatic carbocycles. The molecule has 0 radical (unpaired) electrons. The van der Waals surface area contributed by atoms with Crippen molar-refractivity contribution in [2.75, 3.05) is 21.3 Å². The molecule has 0 saturated carbocycles. The number of hydrogen-bond acceptors (Lipinski definition) is 6. The molecule has 0 unspecified atom stereocenters. The molecule has 0 aliphatic rings. The molecule has 22 heavy (non-hydrogen) atoms. The predicted molar refractivity (Wildman–Crippen MR) is 81.4 cm³/mol. The summed E-state index contributed by atoms with van der Waals surface area (Å²) in [6.45, 7) is 0. The number of aromatic nitrogens is 4. The lowest BCUT2D eigenvalue weighted by atomic mass is 10.1. The molecule has 0 saturated heterocycles. The van der Waals surface area contributed by atoms with Gasteiger partial charge in [0, 0.05) is 12.6 Å². The maximum absolute atomic E-state index is 5.36. The third kappa shape index (κ3) is 2.20. The van der Waals surface area contributed by atoms with E-state index in [4.69, 9.17) is 14.2 Å². The minimum absolute atomic E-state index is 0.537. The van der Waals surface area contributed by atoms with Crippen LogP contribution in [0.15, 0.2) is 24.7 Å². The Balaban J connectivity index is 2.18. The first-order valence-corrected chi connectivity index (χ1v) is 6.62. The van der Waals surface area contributed by atoms with Crippen LogP contribution in [0.25, 0.3) is 22.6 Å². The maximum Gasteiger partial charge on any atom is 0.203 e. The third-order valence-electron chi connectivity index (χ3n) is 3.38. The highest BCUT2D eigenvalue weighted by Crippen LogP contribution is 2.40. The third-order valence-corrected chi connectivity index (χ3v) is 3.38. The van der Waals surface area contributed by atoms with Crippen LogP contribution >= 0.6 is 0 Å². The van der Waals surface area contributed by atoms with Crippen molar-refractivity contribution in [1.82, 2.24) is 19.5 Å². The Morgan fingerprint density at radius 2 is 1.64 bits per heavy atom. The molecule has 7 heteroatoms. The molecule has 114 valence electrons. The van der Waals surface area contributed by atoms with E-state index in [1.165, 1.54) is 0 Å². The van der Waals surface area contributed by atoms with E-state index < -0.39 is 0 Å². The fourth-order valence-corrected chi connectivity index (χ4v) is 2.27. The van der Waals surface area contributed by atoms with Crippen LogP contribution in [0.2, 0.25) is 0 Å². The molecule has 2 aromatic heterocycles. The van der Waals surface area contributed by atoms with Crippen LogP contribution in [0.1, 0.15) is 0 Å². The molecule has 7 nitrogen and oxygen atoms in total. The Labute approximate surface area is 127 Å². The van der Waals surface area contributed by atoms with Crippen LogP contribution in [-0.2, 0) is 7.05 Å². The van der Waals surface area contributed by atoms with Crippen molar-refractivity contribution >= 4 is 11.2 Å². The van der Waals surface area contributed by atoms with Crippen molar-refractivity contribution in [2.45, 2.75) is 0 Å². The van der Waals surface area contributed by atoms with Gasteiger partial charge in [0.2, 0.25) is 5.75 Å². The molecule has 0 aliphatic heterocycles. The zero-order valence-electron chi connectivity index (χ0n) is 12.8. The van der Waals surface area contributed by atoms with Crippen molar-refractivity contribution in [2.24, 2.45) is 7.05 Å². The van der Waals surface area contributed by atoms with Crippen LogP contribution < -0.4 is 14.2 Å². The van der Waals surface area contributed by atoms with Crippen LogP contribution in [0.3, 0.4) is 0 Å². The maximum atomic E-state index is 5.36. The monoisotopic (exact) mass is 300 g/mol. The highest BCUT2D eigenvalue weighted by Gasteiger charge is 2.16. The molecule has 0 amide bonds. The van der Waals surface area contributed by atoms with E-state index in [-0.39, 0.29) is 0 Å². The minimum Gasteiger partial charge on any atom is -0.493 e. The highest BCUT2D eigenvalue weighted by molar-refractivity contribution is 5.74. The number of ether oxygens (including phenoxy) is 3. The number of rotatable bonds is 4. The number of imidazole rings is 1. The van der Waals surface area contributed by atoms with Crippen LogP contribution in [-0.4, -0.2) is 40.8 Å². The van der Waals surface area contributed by atoms with Gasteiger partial charge in [0.1, 0.15) is 5.52 Å². The first-order chi connectivity index (χ1) is 10.7. The minimum atomic E-state index is 0.537. The molecule has 0 fully saturated rings. The number of nitrogens with zero attached hydrogens (tertiary/aromatic N) is 4. The normalized spacial score (nSPS) is 10.7. The fraction of sp³-hybridized carbons (Fsp3) is 0.267. The fourth-order valence-electron chi connectivity index (χ4n) is 2.27. The van der Waals surface area contributed by atoms with E-state index in [2.05, 4.69) is 15.0 Å². The summed E-state index contributed by atoms with van der Waals surface area (Å²) in [7, 11) is 6.61. The summed E-state index contributed by atoms with van der Waals surface area (Å²) in [5.74, 6) is 2.22. The summed E-state index contributed by atoms with van der Waals surface area (Å²) >= 11 is 0. The zero-order chi connectivity index (χ0) is 15.7. The average molecular weight is 300 g/mol. The number of benzene rings is 1. The van der Waals surface area contributed by atoms with Crippen molar-refractivity contribution in [1.29, 1.82) is 0 Å². The van der Waals surface area contributed by atoms with Gasteiger partial charge in [-0.2, -0.15) is 0 Å². The molecule has 0 bridgehead atoms. The quantitative estimate of drug-likeness (QED) is 0.734. The van der Waals surface area contributed by atoms with Gasteiger partial charge in [0.15, 0.2) is 23.0 Å². The second-order valence-electron chi connectivity index (χ2n) is 4.67. The van der Waals surface area contributed by atoms with Crippen LogP contribution in [0.4, 0.5) is 0 Å². The summed E-state index contributed by atoms with van der Waals surface area (Å²) in [6.07, 6.45) is 3.40. The van der Waals surface area contributed by atoms with E-state index in [1.54, 1.807) is 33.9 Å². The van der Waals surface area contributed by atoms with Gasteiger partial charge in [-0.05, 0) is 12.1 Å². The van der Waals surface area contributed by atoms with E-state index in [0.717, 1.165) is 16.7 Å². The number of fused-ring (bicyclic) bond motifs is 1. The number of hydrogen-bond donors (Lipinski definition) is 0. The van der Waals surface area contributed by atoms with Gasteiger partial charge in [0.05, 0.1) is 33.9 Å². The Morgan fingerprint density at radius 3 is 2.23 bits per heavy atom. The van der Waals surface area contributed by atoms with Gasteiger partial charge in [-0.1, -0.05) is 0 Å². The highest BCUT2D eigenvalue weighted by atomic mass is 16.5. The van der Waals surface area contributed by atoms with Crippen molar-refractivity contribution in [3.8, 4) is 28.6 Å². The predicted octanol–water partition coefficient (Wildman–Crippen LogP) is 2.06. The summed E-state index contributed by atoms with van der Waals surface area (Å²) in [6, 6.07) is 3.64. The summed E-state index contributed by atoms with van der Waals surface area (Å²) in [5, 5.41) is 0. The molecule has 1 aromatic carbocycles. The molecular weight excluding hydrogens is 284 g/mol. The topological polar surface area (TPSA) is 71.3 Å². The SMILES string of the molecule is COc1cc(-c2ncc3ncn(C)c3n2)cc(OC)c1OC. The van der Waals surface area contributed by atoms with Gasteiger partial charge in [-0.25, -0.2) is 15.0 Å². The van der Waals surface area contributed by atoms with E-state index >= 15 is 0 Å². The summed E-state index contributed by atoms with van der Waals surface area (Å²) in [5.41, 5.74) is 2.29. The average Bonchev–Trinajstić information content (AvgIpc) is 2.94. The second kappa shape index (κ2) is 5.51. The van der Waals surface area contributed by atoms with Gasteiger partial charge in [0.25, 0.3) is 0 Å². The van der Waals surface area contributed by atoms with Gasteiger partial charge in [-0.3, -0.25) is 0 Å². The standard InChI is InChI=1S/C15H16N4O3/c1-19-8-17-10-7-16-14(18-15(10)19)9-5-11(20-2)13(22-4)12(6-9)21-3/h5-8H,1-4H3. The van der Waals surface area contributed by atoms with Crippen LogP contribution in [0.5, 0.6) is 17.2 Å². The molecule has 0 atom stereocenters. The molecule has 3 aromatic rings. The van der Waals surface area contributed by atoms with Gasteiger partial charge < -0.3 is 18.8 Å². The lowest BCUT2D eigenvalue weighted by molar-refractivity contribution is 0.324. The Morgan fingerprint density at radius 1 is 0.955 bits per heavy atom. The van der Waals surface area contributed by atoms with Crippen molar-refractivity contribution < 1.29 is 14.2 Å². The smallest absolute Gasteiger partial charge is 0.203 e. The zero-order valence-corrected chi connectivity index (χ0v) is 12.8. The van der Waals surface area contributed by atoms with E-state index in [9.17, 15) is 0 Å². The van der Waals surface area contributed by atoms with Gasteiger partial charge in [-0.15, -0.1) is 0 Å². The molecular formula is C15H16N4O3. The summed E-state index contributed by atoms with van der Waals surface area (Å²) < 4.78 is 17.9. The van der Waals surface area contributed by atoms with E-state index in [1.807, 2.05) is 23.7 Å². The Hall–Kier alpha value is -2.83. The van der Waals surface area contributed by atoms with Crippen molar-refractivity contribution in [3.63, 3.8) is 0 Å². The second-order valence-corrected chi connectivity index (χ2v) is 4.67. The molecule has 0 N–H and O–H groups in total. The molecule has 0 spiro atoms. The Kier molecular flexibility index (Phi) is 3.54. The van der Waals surface area contributed by atoms with Crippen molar-refractivity contribution in [3.05, 3.63) is 24.7 Å². The first-order valence-electron chi connectivity index (χ1n) is 6.62. The largest absolute Gasteiger partial charge is 0.493 e. The lowest BCUT2D eigenvalue weighted by Crippen LogP contribution is -1.98. The molecule has 3 rings (SSSR count). The number of aryl methyl sites for hydroxylation is 1.